The molecule has 0 radical (unpaired) electrons. The van der Waals surface area contributed by atoms with E-state index >= 15 is 0 Å². The topological polar surface area (TPSA) is 30.5 Å². The minimum Gasteiger partial charge on any atom is -0.316 e. The molecule has 0 unspecified atom stereocenters. The summed E-state index contributed by atoms with van der Waals surface area (Å²) in [6.45, 7) is 10.3. The number of nitrogens with zero attached hydrogens (tertiary/aromatic N) is 2. The minimum absolute atomic E-state index is 0. The van der Waals surface area contributed by atoms with E-state index in [1.165, 1.54) is 52.4 Å². The summed E-state index contributed by atoms with van der Waals surface area (Å²) in [5.74, 6) is 3.87. The number of rotatable bonds is 0. The van der Waals surface area contributed by atoms with Crippen molar-refractivity contribution in [1.82, 2.24) is 20.4 Å². The van der Waals surface area contributed by atoms with E-state index in [0.717, 1.165) is 23.7 Å². The first-order chi connectivity index (χ1) is 8.72. The molecule has 0 spiro atoms. The molecule has 4 heterocycles. The van der Waals surface area contributed by atoms with Crippen LogP contribution in [-0.2, 0) is 0 Å². The second-order valence-electron chi connectivity index (χ2n) is 6.80. The predicted octanol–water partition coefficient (Wildman–Crippen LogP) is 1.22. The Kier molecular flexibility index (Phi) is 13.2. The molecule has 8 heteroatoms. The van der Waals surface area contributed by atoms with E-state index in [1.807, 2.05) is 0 Å². The zero-order valence-electron chi connectivity index (χ0n) is 13.5. The van der Waals surface area contributed by atoms with Crippen molar-refractivity contribution in [3.63, 3.8) is 0 Å². The van der Waals surface area contributed by atoms with Gasteiger partial charge in [0.25, 0.3) is 0 Å². The van der Waals surface area contributed by atoms with E-state index in [-0.39, 0.29) is 49.6 Å². The SMILES string of the molecule is CN1C[C@@H]2CNC[C@H]2C1.CN1C[C@H]2CNC[C@@H]2C1.Cl.Cl.Cl.Cl. The van der Waals surface area contributed by atoms with Crippen LogP contribution in [0.5, 0.6) is 0 Å². The normalized spacial score (nSPS) is 35.7. The van der Waals surface area contributed by atoms with Crippen LogP contribution in [-0.4, -0.2) is 76.3 Å². The van der Waals surface area contributed by atoms with Gasteiger partial charge in [-0.15, -0.1) is 49.6 Å². The van der Waals surface area contributed by atoms with Gasteiger partial charge in [-0.1, -0.05) is 0 Å². The number of fused-ring (bicyclic) bond motifs is 2. The van der Waals surface area contributed by atoms with Crippen molar-refractivity contribution in [3.8, 4) is 0 Å². The third kappa shape index (κ3) is 6.14. The van der Waals surface area contributed by atoms with Gasteiger partial charge in [0, 0.05) is 26.2 Å². The van der Waals surface area contributed by atoms with Gasteiger partial charge < -0.3 is 20.4 Å². The molecule has 4 fully saturated rings. The fourth-order valence-electron chi connectivity index (χ4n) is 4.18. The van der Waals surface area contributed by atoms with Gasteiger partial charge in [-0.3, -0.25) is 0 Å². The lowest BCUT2D eigenvalue weighted by Crippen LogP contribution is -2.21. The van der Waals surface area contributed by atoms with Crippen molar-refractivity contribution < 1.29 is 0 Å². The first-order valence-electron chi connectivity index (χ1n) is 7.51. The molecular formula is C14H32Cl4N4. The van der Waals surface area contributed by atoms with Crippen LogP contribution in [0.25, 0.3) is 0 Å². The summed E-state index contributed by atoms with van der Waals surface area (Å²) in [6, 6.07) is 0. The Labute approximate surface area is 160 Å². The summed E-state index contributed by atoms with van der Waals surface area (Å²) < 4.78 is 0. The molecule has 0 amide bonds. The Hall–Kier alpha value is 1.00. The Balaban J connectivity index is 0. The smallest absolute Gasteiger partial charge is 0.00225 e. The Bertz CT molecular complexity index is 246. The van der Waals surface area contributed by atoms with E-state index in [1.54, 1.807) is 0 Å². The van der Waals surface area contributed by atoms with Crippen molar-refractivity contribution in [3.05, 3.63) is 0 Å². The van der Waals surface area contributed by atoms with E-state index in [9.17, 15) is 0 Å². The van der Waals surface area contributed by atoms with Gasteiger partial charge in [-0.05, 0) is 63.9 Å². The van der Waals surface area contributed by atoms with Crippen LogP contribution in [0, 0.1) is 23.7 Å². The lowest BCUT2D eigenvalue weighted by Gasteiger charge is -2.07. The molecule has 0 saturated carbocycles. The molecule has 4 saturated heterocycles. The summed E-state index contributed by atoms with van der Waals surface area (Å²) in [5, 5.41) is 6.84. The fraction of sp³-hybridized carbons (Fsp3) is 1.00. The number of halogens is 4. The molecule has 4 aliphatic rings. The van der Waals surface area contributed by atoms with E-state index in [0.29, 0.717) is 0 Å². The molecule has 0 aliphatic carbocycles. The Morgan fingerprint density at radius 2 is 0.773 bits per heavy atom. The summed E-state index contributed by atoms with van der Waals surface area (Å²) in [6.07, 6.45) is 0. The van der Waals surface area contributed by atoms with E-state index < -0.39 is 0 Å². The quantitative estimate of drug-likeness (QED) is 0.643. The highest BCUT2D eigenvalue weighted by molar-refractivity contribution is 5.86. The molecule has 0 aromatic heterocycles. The van der Waals surface area contributed by atoms with Gasteiger partial charge in [-0.25, -0.2) is 0 Å². The highest BCUT2D eigenvalue weighted by Gasteiger charge is 2.34. The third-order valence-electron chi connectivity index (χ3n) is 5.14. The standard InChI is InChI=1S/2C7H14N2.4ClH/c2*1-9-4-6-2-8-3-7(6)5-9;;;;/h2*6-8H,2-5H2,1H3;4*1H/t2*6-,7-;;;;/m10..../s1. The maximum absolute atomic E-state index is 3.42. The predicted molar refractivity (Wildman–Crippen MR) is 104 cm³/mol. The maximum Gasteiger partial charge on any atom is 0.00225 e. The highest BCUT2D eigenvalue weighted by Crippen LogP contribution is 2.25. The van der Waals surface area contributed by atoms with Crippen molar-refractivity contribution in [2.24, 2.45) is 23.7 Å². The largest absolute Gasteiger partial charge is 0.316 e. The van der Waals surface area contributed by atoms with Crippen LogP contribution < -0.4 is 10.6 Å². The minimum atomic E-state index is 0. The van der Waals surface area contributed by atoms with Crippen LogP contribution >= 0.6 is 49.6 Å². The highest BCUT2D eigenvalue weighted by atomic mass is 35.5. The number of hydrogen-bond acceptors (Lipinski definition) is 4. The Morgan fingerprint density at radius 1 is 0.545 bits per heavy atom. The molecule has 4 nitrogen and oxygen atoms in total. The van der Waals surface area contributed by atoms with Crippen molar-refractivity contribution in [1.29, 1.82) is 0 Å². The number of nitrogens with one attached hydrogen (secondary N) is 2. The first-order valence-corrected chi connectivity index (χ1v) is 7.51. The van der Waals surface area contributed by atoms with Gasteiger partial charge in [0.15, 0.2) is 0 Å². The maximum atomic E-state index is 3.42. The molecule has 136 valence electrons. The van der Waals surface area contributed by atoms with Gasteiger partial charge in [0.05, 0.1) is 0 Å². The molecule has 4 aliphatic heterocycles. The molecule has 4 atom stereocenters. The van der Waals surface area contributed by atoms with Crippen LogP contribution in [0.1, 0.15) is 0 Å². The molecule has 2 N–H and O–H groups in total. The zero-order chi connectivity index (χ0) is 12.5. The first kappa shape index (κ1) is 25.2. The molecule has 0 aromatic rings. The van der Waals surface area contributed by atoms with Crippen LogP contribution in [0.15, 0.2) is 0 Å². The van der Waals surface area contributed by atoms with Gasteiger partial charge in [-0.2, -0.15) is 0 Å². The third-order valence-corrected chi connectivity index (χ3v) is 5.14. The van der Waals surface area contributed by atoms with Gasteiger partial charge >= 0.3 is 0 Å². The molecule has 4 rings (SSSR count). The second-order valence-corrected chi connectivity index (χ2v) is 6.80. The van der Waals surface area contributed by atoms with E-state index in [2.05, 4.69) is 34.5 Å². The van der Waals surface area contributed by atoms with E-state index in [4.69, 9.17) is 0 Å². The van der Waals surface area contributed by atoms with Crippen LogP contribution in [0.3, 0.4) is 0 Å². The lowest BCUT2D eigenvalue weighted by atomic mass is 10.0. The van der Waals surface area contributed by atoms with Gasteiger partial charge in [0.1, 0.15) is 0 Å². The van der Waals surface area contributed by atoms with Crippen LogP contribution in [0.4, 0.5) is 0 Å². The average molecular weight is 398 g/mol. The average Bonchev–Trinajstić information content (AvgIpc) is 2.97. The molecule has 0 aromatic carbocycles. The summed E-state index contributed by atoms with van der Waals surface area (Å²) in [5.41, 5.74) is 0. The number of hydrogen-bond donors (Lipinski definition) is 2. The second kappa shape index (κ2) is 11.5. The lowest BCUT2D eigenvalue weighted by molar-refractivity contribution is 0.382. The Morgan fingerprint density at radius 3 is 1.00 bits per heavy atom. The van der Waals surface area contributed by atoms with Crippen molar-refractivity contribution >= 4 is 49.6 Å². The zero-order valence-corrected chi connectivity index (χ0v) is 16.8. The van der Waals surface area contributed by atoms with Crippen molar-refractivity contribution in [2.45, 2.75) is 0 Å². The van der Waals surface area contributed by atoms with Crippen molar-refractivity contribution in [2.75, 3.05) is 66.5 Å². The molecular weight excluding hydrogens is 366 g/mol. The van der Waals surface area contributed by atoms with Gasteiger partial charge in [0.2, 0.25) is 0 Å². The summed E-state index contributed by atoms with van der Waals surface area (Å²) in [4.78, 5) is 4.88. The summed E-state index contributed by atoms with van der Waals surface area (Å²) >= 11 is 0. The fourth-order valence-corrected chi connectivity index (χ4v) is 4.18. The molecule has 0 bridgehead atoms. The monoisotopic (exact) mass is 396 g/mol. The van der Waals surface area contributed by atoms with Crippen LogP contribution in [0.2, 0.25) is 0 Å². The molecule has 22 heavy (non-hydrogen) atoms. The number of likely N-dealkylation sites (tertiary alicyclic amines) is 2. The summed E-state index contributed by atoms with van der Waals surface area (Å²) in [7, 11) is 4.44.